The van der Waals surface area contributed by atoms with Crippen LogP contribution in [-0.2, 0) is 33.4 Å². The van der Waals surface area contributed by atoms with E-state index in [9.17, 15) is 24.0 Å². The number of carbonyl (C=O) groups is 5. The number of benzene rings is 2. The topological polar surface area (TPSA) is 222 Å². The van der Waals surface area contributed by atoms with E-state index >= 15 is 0 Å². The second kappa shape index (κ2) is 33.0. The number of nitrogens with one attached hydrogen (secondary N) is 2. The first-order valence-electron chi connectivity index (χ1n) is 28.5. The maximum atomic E-state index is 13.4. The molecule has 3 fully saturated rings. The van der Waals surface area contributed by atoms with Crippen LogP contribution in [0.2, 0.25) is 0 Å². The quantitative estimate of drug-likeness (QED) is 0.0216. The van der Waals surface area contributed by atoms with Crippen LogP contribution in [0.15, 0.2) is 73.1 Å². The van der Waals surface area contributed by atoms with Gasteiger partial charge in [0, 0.05) is 94.0 Å². The summed E-state index contributed by atoms with van der Waals surface area (Å²) in [6.45, 7) is 5.89. The van der Waals surface area contributed by atoms with Crippen LogP contribution >= 0.6 is 11.8 Å². The van der Waals surface area contributed by atoms with Crippen LogP contribution in [0.1, 0.15) is 128 Å². The minimum absolute atomic E-state index is 0.0263. The maximum Gasteiger partial charge on any atom is 0.315 e. The number of unbranched alkanes of at least 4 members (excludes halogenated alkanes) is 5. The zero-order valence-electron chi connectivity index (χ0n) is 45.8. The first kappa shape index (κ1) is 59.9. The maximum absolute atomic E-state index is 13.4. The molecule has 78 heavy (non-hydrogen) atoms. The van der Waals surface area contributed by atoms with Crippen LogP contribution in [0.25, 0.3) is 22.3 Å². The normalized spacial score (nSPS) is 18.2. The van der Waals surface area contributed by atoms with E-state index in [1.807, 2.05) is 89.1 Å². The summed E-state index contributed by atoms with van der Waals surface area (Å²) < 4.78 is 24.8. The first-order chi connectivity index (χ1) is 38.1. The van der Waals surface area contributed by atoms with Crippen LogP contribution in [-0.4, -0.2) is 155 Å². The van der Waals surface area contributed by atoms with Crippen molar-refractivity contribution in [3.05, 3.63) is 73.1 Å². The van der Waals surface area contributed by atoms with Crippen molar-refractivity contribution in [2.24, 2.45) is 0 Å². The Morgan fingerprint density at radius 2 is 1.37 bits per heavy atom. The number of likely N-dealkylation sites (N-methyl/N-ethyl adjacent to an activating group) is 1. The molecule has 18 nitrogen and oxygen atoms in total. The molecule has 0 spiro atoms. The van der Waals surface area contributed by atoms with Gasteiger partial charge in [-0.15, -0.1) is 0 Å². The minimum atomic E-state index is -0.0763. The molecule has 0 aliphatic carbocycles. The van der Waals surface area contributed by atoms with E-state index in [2.05, 4.69) is 25.5 Å². The van der Waals surface area contributed by atoms with Gasteiger partial charge in [0.15, 0.2) is 5.65 Å². The molecule has 0 radical (unpaired) electrons. The zero-order valence-corrected chi connectivity index (χ0v) is 46.6. The van der Waals surface area contributed by atoms with Gasteiger partial charge in [0.1, 0.15) is 46.7 Å². The first-order valence-corrected chi connectivity index (χ1v) is 29.6. The Hall–Kier alpha value is -5.73. The van der Waals surface area contributed by atoms with Crippen LogP contribution in [0, 0.1) is 0 Å². The number of nitrogens with two attached hydrogens (primary N) is 1. The van der Waals surface area contributed by atoms with Crippen molar-refractivity contribution in [2.75, 3.05) is 84.4 Å². The molecule has 3 aliphatic heterocycles. The summed E-state index contributed by atoms with van der Waals surface area (Å²) in [5, 5.41) is 12.2. The molecule has 0 bridgehead atoms. The number of rotatable bonds is 38. The van der Waals surface area contributed by atoms with Gasteiger partial charge >= 0.3 is 6.03 Å². The van der Waals surface area contributed by atoms with Gasteiger partial charge in [0.25, 0.3) is 0 Å². The number of piperidine rings is 1. The lowest BCUT2D eigenvalue weighted by Gasteiger charge is -2.32. The van der Waals surface area contributed by atoms with Crippen molar-refractivity contribution in [2.45, 2.75) is 145 Å². The predicted octanol–water partition coefficient (Wildman–Crippen LogP) is 9.07. The number of thioether (sulfide) groups is 1. The monoisotopic (exact) mass is 1090 g/mol. The van der Waals surface area contributed by atoms with Crippen LogP contribution in [0.3, 0.4) is 0 Å². The Bertz CT molecular complexity index is 2530. The van der Waals surface area contributed by atoms with Crippen molar-refractivity contribution in [1.29, 1.82) is 0 Å². The van der Waals surface area contributed by atoms with Crippen molar-refractivity contribution in [1.82, 2.24) is 40.2 Å². The van der Waals surface area contributed by atoms with E-state index < -0.39 is 0 Å². The van der Waals surface area contributed by atoms with Gasteiger partial charge < -0.3 is 45.1 Å². The molecular weight excluding hydrogens is 1010 g/mol. The number of Topliss-reactive ketones (excluding diaryl/α,β-unsaturated/α-hetero) is 3. The fourth-order valence-corrected chi connectivity index (χ4v) is 11.8. The molecule has 2 aromatic heterocycles. The number of nitrogens with zero attached hydrogens (tertiary/aromatic N) is 6. The molecule has 3 saturated heterocycles. The highest BCUT2D eigenvalue weighted by Gasteiger charge is 2.42. The summed E-state index contributed by atoms with van der Waals surface area (Å²) >= 11 is 1.92. The smallest absolute Gasteiger partial charge is 0.315 e. The Balaban J connectivity index is 0.635. The molecule has 3 amide bonds. The summed E-state index contributed by atoms with van der Waals surface area (Å²) in [5.41, 5.74) is 8.61. The van der Waals surface area contributed by atoms with Gasteiger partial charge in [-0.2, -0.15) is 16.9 Å². The molecule has 19 heteroatoms. The number of carbonyl (C=O) groups excluding carboxylic acids is 5. The molecule has 0 unspecified atom stereocenters. The third-order valence-corrected chi connectivity index (χ3v) is 16.1. The standard InChI is InChI=1S/C59H83N9O9S/c1-66(33-16-27-53(72)67-34-15-17-45(41-67)68-58-54(57(60)61-43-62-58)55(65-68)44-28-30-50(31-29-44)77-49-24-5-2-6-25-49)32-11-3-4-18-47(70)22-14-23-48(71)21-10-13-36-75-38-40-76-39-37-74-35-12-9-20-46(69)19-7-8-26-52-56-51(42-78-52)63-59(73)64-56/h2,5-6,16,24-25,27-31,43,45,51-52,56H,3-4,7-15,17-23,26,32-42H2,1H3,(H2,60,61,62)(H2,63,64,73)/b27-16+/t45-,51+,52+,56+/m1/s1. The molecule has 0 saturated carbocycles. The van der Waals surface area contributed by atoms with Gasteiger partial charge in [0.05, 0.1) is 49.9 Å². The number of hydrogen-bond donors (Lipinski definition) is 3. The third kappa shape index (κ3) is 19.9. The number of nitrogen functional groups attached to an aromatic ring is 1. The average molecular weight is 1090 g/mol. The summed E-state index contributed by atoms with van der Waals surface area (Å²) in [5.74, 6) is 3.50. The summed E-state index contributed by atoms with van der Waals surface area (Å²) in [4.78, 5) is 75.1. The van der Waals surface area contributed by atoms with Crippen molar-refractivity contribution >= 4 is 57.9 Å². The average Bonchev–Trinajstić information content (AvgIpc) is 4.26. The van der Waals surface area contributed by atoms with Crippen LogP contribution < -0.4 is 21.1 Å². The number of likely N-dealkylation sites (tertiary alicyclic amines) is 1. The van der Waals surface area contributed by atoms with Gasteiger partial charge in [-0.05, 0) is 121 Å². The largest absolute Gasteiger partial charge is 0.457 e. The van der Waals surface area contributed by atoms with Crippen LogP contribution in [0.4, 0.5) is 10.6 Å². The highest BCUT2D eigenvalue weighted by molar-refractivity contribution is 8.00. The molecule has 3 aliphatic rings. The highest BCUT2D eigenvalue weighted by atomic mass is 32.2. The Morgan fingerprint density at radius 1 is 0.744 bits per heavy atom. The second-order valence-electron chi connectivity index (χ2n) is 20.8. The van der Waals surface area contributed by atoms with Gasteiger partial charge in [-0.1, -0.05) is 37.1 Å². The van der Waals surface area contributed by atoms with E-state index in [-0.39, 0.29) is 41.6 Å². The summed E-state index contributed by atoms with van der Waals surface area (Å²) in [7, 11) is 2.04. The third-order valence-electron chi connectivity index (χ3n) is 14.6. The number of ether oxygens (including phenoxy) is 4. The van der Waals surface area contributed by atoms with Gasteiger partial charge in [0.2, 0.25) is 5.91 Å². The molecule has 4 atom stereocenters. The summed E-state index contributed by atoms with van der Waals surface area (Å²) in [6, 6.07) is 17.7. The van der Waals surface area contributed by atoms with E-state index in [0.717, 1.165) is 101 Å². The van der Waals surface area contributed by atoms with Crippen molar-refractivity contribution in [3.63, 3.8) is 0 Å². The molecule has 4 aromatic rings. The van der Waals surface area contributed by atoms with Gasteiger partial charge in [-0.25, -0.2) is 19.4 Å². The molecule has 424 valence electrons. The number of anilines is 1. The van der Waals surface area contributed by atoms with E-state index in [0.29, 0.717) is 144 Å². The van der Waals surface area contributed by atoms with Crippen LogP contribution in [0.5, 0.6) is 11.5 Å². The summed E-state index contributed by atoms with van der Waals surface area (Å²) in [6.07, 6.45) is 19.5. The number of aromatic nitrogens is 4. The molecule has 7 rings (SSSR count). The van der Waals surface area contributed by atoms with E-state index in [4.69, 9.17) is 29.8 Å². The van der Waals surface area contributed by atoms with Crippen molar-refractivity contribution < 1.29 is 42.9 Å². The van der Waals surface area contributed by atoms with Gasteiger partial charge in [-0.3, -0.25) is 19.2 Å². The number of para-hydroxylation sites is 1. The number of hydrogen-bond acceptors (Lipinski definition) is 15. The number of ketones is 3. The zero-order chi connectivity index (χ0) is 54.7. The molecular formula is C59H83N9O9S. The predicted molar refractivity (Wildman–Crippen MR) is 305 cm³/mol. The van der Waals surface area contributed by atoms with E-state index in [1.54, 1.807) is 6.08 Å². The number of fused-ring (bicyclic) bond motifs is 2. The Morgan fingerprint density at radius 3 is 2.06 bits per heavy atom. The Labute approximate surface area is 464 Å². The van der Waals surface area contributed by atoms with Crippen molar-refractivity contribution in [3.8, 4) is 22.8 Å². The lowest BCUT2D eigenvalue weighted by molar-refractivity contribution is -0.127. The molecule has 5 heterocycles. The second-order valence-corrected chi connectivity index (χ2v) is 22.1. The highest BCUT2D eigenvalue weighted by Crippen LogP contribution is 2.36. The lowest BCUT2D eigenvalue weighted by Crippen LogP contribution is -2.40. The number of urea groups is 1. The minimum Gasteiger partial charge on any atom is -0.457 e. The number of amides is 3. The lowest BCUT2D eigenvalue weighted by atomic mass is 10.0. The SMILES string of the molecule is CN(C/C=C/C(=O)N1CCC[C@@H](n2nc(-c3ccc(Oc4ccccc4)cc3)c3c(N)ncnc32)C1)CCCCCC(=O)CCCC(=O)CCCCOCCOCCOCCCCC(=O)CCCC[C@@H]1SC[C@@H]2NC(=O)N[C@@H]21. The Kier molecular flexibility index (Phi) is 25.4. The fraction of sp³-hybridized carbons (Fsp3) is 0.593. The fourth-order valence-electron chi connectivity index (χ4n) is 10.3. The molecule has 2 aromatic carbocycles. The van der Waals surface area contributed by atoms with E-state index in [1.165, 1.54) is 6.33 Å². The molecule has 4 N–H and O–H groups in total.